The van der Waals surface area contributed by atoms with Crippen molar-refractivity contribution in [3.05, 3.63) is 16.1 Å². The lowest BCUT2D eigenvalue weighted by Gasteiger charge is -2.08. The second kappa shape index (κ2) is 4.58. The molecule has 0 saturated heterocycles. The van der Waals surface area contributed by atoms with Crippen LogP contribution in [0.4, 0.5) is 0 Å². The zero-order valence-corrected chi connectivity index (χ0v) is 9.08. The molecule has 1 heterocycles. The Morgan fingerprint density at radius 1 is 1.85 bits per heavy atom. The SMILES string of the molecule is Cc1cnc(C(C)NC(=O)CCl)s1. The molecule has 1 aromatic heterocycles. The Labute approximate surface area is 86.1 Å². The van der Waals surface area contributed by atoms with Gasteiger partial charge in [-0.05, 0) is 13.8 Å². The molecule has 0 spiro atoms. The first kappa shape index (κ1) is 10.5. The van der Waals surface area contributed by atoms with Crippen molar-refractivity contribution in [3.8, 4) is 0 Å². The number of halogens is 1. The van der Waals surface area contributed by atoms with Gasteiger partial charge in [0.15, 0.2) is 0 Å². The summed E-state index contributed by atoms with van der Waals surface area (Å²) in [6.45, 7) is 3.87. The zero-order valence-electron chi connectivity index (χ0n) is 7.50. The minimum atomic E-state index is -0.165. The first-order chi connectivity index (χ1) is 6.13. The maximum Gasteiger partial charge on any atom is 0.235 e. The van der Waals surface area contributed by atoms with Gasteiger partial charge < -0.3 is 5.32 Å². The van der Waals surface area contributed by atoms with Gasteiger partial charge in [-0.15, -0.1) is 22.9 Å². The van der Waals surface area contributed by atoms with E-state index in [2.05, 4.69) is 10.3 Å². The maximum absolute atomic E-state index is 10.9. The number of rotatable bonds is 3. The van der Waals surface area contributed by atoms with Gasteiger partial charge in [-0.1, -0.05) is 0 Å². The number of thiazole rings is 1. The van der Waals surface area contributed by atoms with Crippen molar-refractivity contribution < 1.29 is 4.79 Å². The molecule has 1 atom stereocenters. The van der Waals surface area contributed by atoms with Crippen molar-refractivity contribution >= 4 is 28.8 Å². The van der Waals surface area contributed by atoms with E-state index in [9.17, 15) is 4.79 Å². The molecule has 3 nitrogen and oxygen atoms in total. The third-order valence-corrected chi connectivity index (χ3v) is 2.85. The van der Waals surface area contributed by atoms with Gasteiger partial charge in [0.05, 0.1) is 6.04 Å². The highest BCUT2D eigenvalue weighted by atomic mass is 35.5. The molecule has 13 heavy (non-hydrogen) atoms. The second-order valence-electron chi connectivity index (χ2n) is 2.73. The van der Waals surface area contributed by atoms with Gasteiger partial charge in [-0.25, -0.2) is 4.98 Å². The number of aryl methyl sites for hydroxylation is 1. The number of carbonyl (C=O) groups excluding carboxylic acids is 1. The number of alkyl halides is 1. The van der Waals surface area contributed by atoms with Gasteiger partial charge in [0.2, 0.25) is 5.91 Å². The van der Waals surface area contributed by atoms with Crippen LogP contribution in [0.2, 0.25) is 0 Å². The van der Waals surface area contributed by atoms with E-state index in [1.807, 2.05) is 13.8 Å². The van der Waals surface area contributed by atoms with Gasteiger partial charge in [-0.3, -0.25) is 4.79 Å². The van der Waals surface area contributed by atoms with Crippen LogP contribution in [0.1, 0.15) is 22.9 Å². The number of nitrogens with one attached hydrogen (secondary N) is 1. The van der Waals surface area contributed by atoms with Crippen molar-refractivity contribution in [1.82, 2.24) is 10.3 Å². The fourth-order valence-corrected chi connectivity index (χ4v) is 1.77. The van der Waals surface area contributed by atoms with Crippen molar-refractivity contribution in [2.45, 2.75) is 19.9 Å². The summed E-state index contributed by atoms with van der Waals surface area (Å²) in [7, 11) is 0. The summed E-state index contributed by atoms with van der Waals surface area (Å²) in [4.78, 5) is 16.2. The fourth-order valence-electron chi connectivity index (χ4n) is 0.914. The summed E-state index contributed by atoms with van der Waals surface area (Å²) < 4.78 is 0. The van der Waals surface area contributed by atoms with Crippen LogP contribution in [0.15, 0.2) is 6.20 Å². The molecule has 0 aliphatic heterocycles. The molecular weight excluding hydrogens is 208 g/mol. The molecule has 0 aliphatic carbocycles. The number of aromatic nitrogens is 1. The second-order valence-corrected chi connectivity index (χ2v) is 4.27. The first-order valence-corrected chi connectivity index (χ1v) is 5.26. The largest absolute Gasteiger partial charge is 0.346 e. The van der Waals surface area contributed by atoms with Crippen LogP contribution in [-0.2, 0) is 4.79 Å². The van der Waals surface area contributed by atoms with Crippen LogP contribution in [0, 0.1) is 6.92 Å². The molecule has 1 amide bonds. The van der Waals surface area contributed by atoms with E-state index in [0.29, 0.717) is 0 Å². The zero-order chi connectivity index (χ0) is 9.84. The van der Waals surface area contributed by atoms with E-state index in [4.69, 9.17) is 11.6 Å². The quantitative estimate of drug-likeness (QED) is 0.788. The van der Waals surface area contributed by atoms with Crippen LogP contribution in [0.5, 0.6) is 0 Å². The van der Waals surface area contributed by atoms with E-state index in [-0.39, 0.29) is 17.8 Å². The maximum atomic E-state index is 10.9. The lowest BCUT2D eigenvalue weighted by atomic mass is 10.3. The Morgan fingerprint density at radius 2 is 2.54 bits per heavy atom. The summed E-state index contributed by atoms with van der Waals surface area (Å²) in [5.41, 5.74) is 0. The van der Waals surface area contributed by atoms with Crippen LogP contribution in [-0.4, -0.2) is 16.8 Å². The van der Waals surface area contributed by atoms with Gasteiger partial charge in [0.25, 0.3) is 0 Å². The Kier molecular flexibility index (Phi) is 3.69. The Balaban J connectivity index is 2.58. The molecule has 1 unspecified atom stereocenters. The number of hydrogen-bond donors (Lipinski definition) is 1. The van der Waals surface area contributed by atoms with Gasteiger partial charge >= 0.3 is 0 Å². The molecule has 0 saturated carbocycles. The van der Waals surface area contributed by atoms with Crippen LogP contribution < -0.4 is 5.32 Å². The fraction of sp³-hybridized carbons (Fsp3) is 0.500. The van der Waals surface area contributed by atoms with E-state index in [1.54, 1.807) is 17.5 Å². The molecule has 5 heteroatoms. The number of hydrogen-bond acceptors (Lipinski definition) is 3. The van der Waals surface area contributed by atoms with Crippen molar-refractivity contribution in [2.24, 2.45) is 0 Å². The predicted octanol–water partition coefficient (Wildman–Crippen LogP) is 1.87. The summed E-state index contributed by atoms with van der Waals surface area (Å²) >= 11 is 6.94. The highest BCUT2D eigenvalue weighted by molar-refractivity contribution is 7.11. The van der Waals surface area contributed by atoms with Crippen molar-refractivity contribution in [2.75, 3.05) is 5.88 Å². The summed E-state index contributed by atoms with van der Waals surface area (Å²) in [6, 6.07) is -0.0510. The third kappa shape index (κ3) is 2.97. The number of nitrogens with zero attached hydrogens (tertiary/aromatic N) is 1. The van der Waals surface area contributed by atoms with Crippen molar-refractivity contribution in [3.63, 3.8) is 0 Å². The van der Waals surface area contributed by atoms with E-state index in [1.165, 1.54) is 0 Å². The van der Waals surface area contributed by atoms with E-state index in [0.717, 1.165) is 9.88 Å². The standard InChI is InChI=1S/C8H11ClN2OS/c1-5-4-10-8(13-5)6(2)11-7(12)3-9/h4,6H,3H2,1-2H3,(H,11,12). The third-order valence-electron chi connectivity index (χ3n) is 1.51. The molecule has 72 valence electrons. The minimum absolute atomic E-state index is 0.00526. The molecule has 1 aromatic rings. The topological polar surface area (TPSA) is 42.0 Å². The average molecular weight is 219 g/mol. The highest BCUT2D eigenvalue weighted by Gasteiger charge is 2.11. The van der Waals surface area contributed by atoms with Gasteiger partial charge in [0, 0.05) is 11.1 Å². The molecular formula is C8H11ClN2OS. The van der Waals surface area contributed by atoms with Gasteiger partial charge in [0.1, 0.15) is 10.9 Å². The molecule has 0 aromatic carbocycles. The van der Waals surface area contributed by atoms with Gasteiger partial charge in [-0.2, -0.15) is 0 Å². The molecule has 1 N–H and O–H groups in total. The van der Waals surface area contributed by atoms with Crippen LogP contribution in [0.3, 0.4) is 0 Å². The van der Waals surface area contributed by atoms with Crippen molar-refractivity contribution in [1.29, 1.82) is 0 Å². The normalized spacial score (nSPS) is 12.5. The molecule has 0 bridgehead atoms. The van der Waals surface area contributed by atoms with Crippen LogP contribution >= 0.6 is 22.9 Å². The summed E-state index contributed by atoms with van der Waals surface area (Å²) in [5.74, 6) is -0.170. The predicted molar refractivity (Wildman–Crippen MR) is 54.1 cm³/mol. The lowest BCUT2D eigenvalue weighted by Crippen LogP contribution is -2.27. The minimum Gasteiger partial charge on any atom is -0.346 e. The summed E-state index contributed by atoms with van der Waals surface area (Å²) in [6.07, 6.45) is 1.79. The Hall–Kier alpha value is -0.610. The molecule has 0 aliphatic rings. The first-order valence-electron chi connectivity index (χ1n) is 3.91. The molecule has 0 radical (unpaired) electrons. The Bertz CT molecular complexity index is 300. The number of amides is 1. The lowest BCUT2D eigenvalue weighted by molar-refractivity contribution is -0.119. The van der Waals surface area contributed by atoms with Crippen LogP contribution in [0.25, 0.3) is 0 Å². The van der Waals surface area contributed by atoms with E-state index < -0.39 is 0 Å². The Morgan fingerprint density at radius 3 is 3.00 bits per heavy atom. The van der Waals surface area contributed by atoms with E-state index >= 15 is 0 Å². The smallest absolute Gasteiger partial charge is 0.235 e. The molecule has 1 rings (SSSR count). The number of carbonyl (C=O) groups is 1. The average Bonchev–Trinajstić information content (AvgIpc) is 2.51. The monoisotopic (exact) mass is 218 g/mol. The molecule has 0 fully saturated rings. The summed E-state index contributed by atoms with van der Waals surface area (Å²) in [5, 5.41) is 3.65. The highest BCUT2D eigenvalue weighted by Crippen LogP contribution is 2.18.